The molecule has 0 spiro atoms. The molecule has 0 aliphatic heterocycles. The second kappa shape index (κ2) is 8.65. The molecule has 0 aliphatic rings. The Kier molecular flexibility index (Phi) is 7.12. The number of hydrogen-bond donors (Lipinski definition) is 1. The van der Waals surface area contributed by atoms with Crippen LogP contribution in [0.3, 0.4) is 0 Å². The third kappa shape index (κ3) is 5.84. The van der Waals surface area contributed by atoms with E-state index in [1.807, 2.05) is 7.05 Å². The van der Waals surface area contributed by atoms with Gasteiger partial charge in [0.25, 0.3) is 0 Å². The predicted molar refractivity (Wildman–Crippen MR) is 73.2 cm³/mol. The van der Waals surface area contributed by atoms with Crippen LogP contribution in [-0.4, -0.2) is 43.9 Å². The summed E-state index contributed by atoms with van der Waals surface area (Å²) in [5, 5.41) is 8.64. The monoisotopic (exact) mass is 265 g/mol. The average molecular weight is 265 g/mol. The summed E-state index contributed by atoms with van der Waals surface area (Å²) in [6.45, 7) is 2.13. The highest BCUT2D eigenvalue weighted by atomic mass is 19.1. The van der Waals surface area contributed by atoms with Crippen LogP contribution in [0.25, 0.3) is 0 Å². The molecule has 0 amide bonds. The lowest BCUT2D eigenvalue weighted by Gasteiger charge is -2.16. The van der Waals surface area contributed by atoms with Gasteiger partial charge in [-0.1, -0.05) is 17.9 Å². The van der Waals surface area contributed by atoms with Gasteiger partial charge in [0.2, 0.25) is 0 Å². The first-order valence-corrected chi connectivity index (χ1v) is 6.23. The zero-order valence-electron chi connectivity index (χ0n) is 11.4. The van der Waals surface area contributed by atoms with Gasteiger partial charge in [0, 0.05) is 26.8 Å². The van der Waals surface area contributed by atoms with Crippen LogP contribution >= 0.6 is 0 Å². The second-order valence-corrected chi connectivity index (χ2v) is 4.36. The highest BCUT2D eigenvalue weighted by molar-refractivity contribution is 5.38. The second-order valence-electron chi connectivity index (χ2n) is 4.36. The van der Waals surface area contributed by atoms with Gasteiger partial charge in [0.1, 0.15) is 12.4 Å². The molecule has 0 bridgehead atoms. The molecule has 0 fully saturated rings. The third-order valence-corrected chi connectivity index (χ3v) is 2.67. The quantitative estimate of drug-likeness (QED) is 0.627. The summed E-state index contributed by atoms with van der Waals surface area (Å²) in [5.74, 6) is 4.72. The Morgan fingerprint density at radius 2 is 2.21 bits per heavy atom. The molecule has 0 atom stereocenters. The van der Waals surface area contributed by atoms with E-state index in [-0.39, 0.29) is 12.4 Å². The molecule has 0 heterocycles. The fourth-order valence-corrected chi connectivity index (χ4v) is 1.77. The largest absolute Gasteiger partial charge is 0.385 e. The maximum atomic E-state index is 13.5. The topological polar surface area (TPSA) is 32.7 Å². The van der Waals surface area contributed by atoms with E-state index in [0.717, 1.165) is 31.7 Å². The molecule has 1 aromatic rings. The third-order valence-electron chi connectivity index (χ3n) is 2.67. The molecule has 0 saturated heterocycles. The summed E-state index contributed by atoms with van der Waals surface area (Å²) >= 11 is 0. The molecule has 3 nitrogen and oxygen atoms in total. The Morgan fingerprint density at radius 1 is 1.42 bits per heavy atom. The highest BCUT2D eigenvalue weighted by Gasteiger charge is 2.04. The molecular weight excluding hydrogens is 245 g/mol. The Morgan fingerprint density at radius 3 is 2.89 bits per heavy atom. The van der Waals surface area contributed by atoms with Gasteiger partial charge in [-0.25, -0.2) is 4.39 Å². The summed E-state index contributed by atoms with van der Waals surface area (Å²) in [6.07, 6.45) is 0.964. The van der Waals surface area contributed by atoms with Gasteiger partial charge in [-0.05, 0) is 31.2 Å². The minimum atomic E-state index is -0.355. The minimum absolute atomic E-state index is 0.263. The first-order chi connectivity index (χ1) is 9.17. The molecule has 1 rings (SSSR count). The molecule has 19 heavy (non-hydrogen) atoms. The predicted octanol–water partition coefficient (Wildman–Crippen LogP) is 1.64. The maximum absolute atomic E-state index is 13.5. The molecule has 0 aromatic heterocycles. The van der Waals surface area contributed by atoms with Crippen molar-refractivity contribution < 1.29 is 14.2 Å². The van der Waals surface area contributed by atoms with Gasteiger partial charge < -0.3 is 14.7 Å². The Balaban J connectivity index is 2.63. The van der Waals surface area contributed by atoms with E-state index < -0.39 is 0 Å². The van der Waals surface area contributed by atoms with Gasteiger partial charge in [0.15, 0.2) is 0 Å². The van der Waals surface area contributed by atoms with Crippen LogP contribution in [0, 0.1) is 17.7 Å². The van der Waals surface area contributed by atoms with Gasteiger partial charge in [-0.2, -0.15) is 0 Å². The molecule has 0 saturated carbocycles. The number of benzene rings is 1. The molecule has 1 N–H and O–H groups in total. The number of aliphatic hydroxyl groups excluding tert-OH is 1. The normalized spacial score (nSPS) is 10.4. The lowest BCUT2D eigenvalue weighted by molar-refractivity contribution is 0.178. The van der Waals surface area contributed by atoms with Gasteiger partial charge in [0.05, 0.1) is 5.56 Å². The lowest BCUT2D eigenvalue weighted by Crippen LogP contribution is -2.20. The number of rotatable bonds is 6. The SMILES string of the molecule is COCCCN(C)Cc1ccc(F)c(C#CCO)c1. The molecule has 104 valence electrons. The van der Waals surface area contributed by atoms with E-state index in [4.69, 9.17) is 9.84 Å². The van der Waals surface area contributed by atoms with Gasteiger partial charge in [-0.15, -0.1) is 0 Å². The van der Waals surface area contributed by atoms with Crippen molar-refractivity contribution in [1.29, 1.82) is 0 Å². The van der Waals surface area contributed by atoms with Crippen molar-refractivity contribution in [3.63, 3.8) is 0 Å². The van der Waals surface area contributed by atoms with Crippen LogP contribution in [0.1, 0.15) is 17.5 Å². The molecule has 1 aromatic carbocycles. The number of hydrogen-bond acceptors (Lipinski definition) is 3. The fourth-order valence-electron chi connectivity index (χ4n) is 1.77. The van der Waals surface area contributed by atoms with Crippen LogP contribution in [0.4, 0.5) is 4.39 Å². The van der Waals surface area contributed by atoms with E-state index in [1.54, 1.807) is 19.2 Å². The molecule has 0 aliphatic carbocycles. The van der Waals surface area contributed by atoms with Crippen molar-refractivity contribution in [3.8, 4) is 11.8 Å². The number of halogens is 1. The molecule has 0 radical (unpaired) electrons. The van der Waals surface area contributed by atoms with Crippen molar-refractivity contribution in [1.82, 2.24) is 4.90 Å². The summed E-state index contributed by atoms with van der Waals surface area (Å²) in [4.78, 5) is 2.15. The van der Waals surface area contributed by atoms with E-state index in [0.29, 0.717) is 5.56 Å². The van der Waals surface area contributed by atoms with Crippen molar-refractivity contribution in [3.05, 3.63) is 35.1 Å². The van der Waals surface area contributed by atoms with Crippen molar-refractivity contribution in [2.24, 2.45) is 0 Å². The summed E-state index contributed by atoms with van der Waals surface area (Å²) in [5.41, 5.74) is 1.33. The summed E-state index contributed by atoms with van der Waals surface area (Å²) < 4.78 is 18.5. The zero-order chi connectivity index (χ0) is 14.1. The lowest BCUT2D eigenvalue weighted by atomic mass is 10.1. The van der Waals surface area contributed by atoms with Gasteiger partial charge in [-0.3, -0.25) is 0 Å². The Bertz CT molecular complexity index is 451. The van der Waals surface area contributed by atoms with Crippen LogP contribution in [0.2, 0.25) is 0 Å². The smallest absolute Gasteiger partial charge is 0.138 e. The van der Waals surface area contributed by atoms with Gasteiger partial charge >= 0.3 is 0 Å². The van der Waals surface area contributed by atoms with Crippen molar-refractivity contribution in [2.45, 2.75) is 13.0 Å². The molecular formula is C15H20FNO2. The zero-order valence-corrected chi connectivity index (χ0v) is 11.4. The van der Waals surface area contributed by atoms with Crippen LogP contribution in [0.15, 0.2) is 18.2 Å². The highest BCUT2D eigenvalue weighted by Crippen LogP contribution is 2.11. The van der Waals surface area contributed by atoms with E-state index in [1.165, 1.54) is 6.07 Å². The van der Waals surface area contributed by atoms with Crippen LogP contribution < -0.4 is 0 Å². The Labute approximate surface area is 114 Å². The summed E-state index contributed by atoms with van der Waals surface area (Å²) in [7, 11) is 3.70. The van der Waals surface area contributed by atoms with Crippen LogP contribution in [0.5, 0.6) is 0 Å². The maximum Gasteiger partial charge on any atom is 0.138 e. The average Bonchev–Trinajstić information content (AvgIpc) is 2.39. The number of methoxy groups -OCH3 is 1. The van der Waals surface area contributed by atoms with E-state index >= 15 is 0 Å². The molecule has 4 heteroatoms. The van der Waals surface area contributed by atoms with Crippen molar-refractivity contribution in [2.75, 3.05) is 33.9 Å². The number of nitrogens with zero attached hydrogens (tertiary/aromatic N) is 1. The number of aliphatic hydroxyl groups is 1. The Hall–Kier alpha value is -1.41. The fraction of sp³-hybridized carbons (Fsp3) is 0.467. The number of ether oxygens (including phenoxy) is 1. The van der Waals surface area contributed by atoms with Crippen molar-refractivity contribution >= 4 is 0 Å². The van der Waals surface area contributed by atoms with E-state index in [9.17, 15) is 4.39 Å². The standard InChI is InChI=1S/C15H20FNO2/c1-17(8-4-10-19-2)12-13-6-7-15(16)14(11-13)5-3-9-18/h6-7,11,18H,4,8-10,12H2,1-2H3. The van der Waals surface area contributed by atoms with E-state index in [2.05, 4.69) is 16.7 Å². The molecule has 0 unspecified atom stereocenters. The first-order valence-electron chi connectivity index (χ1n) is 6.23. The van der Waals surface area contributed by atoms with Crippen LogP contribution in [-0.2, 0) is 11.3 Å². The first kappa shape index (κ1) is 15.6. The summed E-state index contributed by atoms with van der Waals surface area (Å²) in [6, 6.07) is 4.90. The minimum Gasteiger partial charge on any atom is -0.385 e.